The highest BCUT2D eigenvalue weighted by Crippen LogP contribution is 2.73. The Kier molecular flexibility index (Phi) is 11.9. The van der Waals surface area contributed by atoms with Crippen molar-refractivity contribution in [1.82, 2.24) is 0 Å². The fourth-order valence-corrected chi connectivity index (χ4v) is 12.0. The summed E-state index contributed by atoms with van der Waals surface area (Å²) in [4.78, 5) is 14.3. The van der Waals surface area contributed by atoms with E-state index < -0.39 is 129 Å². The molecule has 7 fully saturated rings. The highest BCUT2D eigenvalue weighted by Gasteiger charge is 2.69. The van der Waals surface area contributed by atoms with Gasteiger partial charge in [0.2, 0.25) is 6.29 Å². The molecule has 4 aliphatic carbocycles. The van der Waals surface area contributed by atoms with Gasteiger partial charge < -0.3 is 84.6 Å². The molecule has 0 aromatic heterocycles. The molecule has 1 spiro atoms. The van der Waals surface area contributed by atoms with Crippen LogP contribution in [0.5, 0.6) is 0 Å². The van der Waals surface area contributed by atoms with Crippen LogP contribution >= 0.6 is 0 Å². The molecule has 56 heavy (non-hydrogen) atoms. The number of carbonyl (C=O) groups is 1. The van der Waals surface area contributed by atoms with Crippen LogP contribution in [0.1, 0.15) is 71.6 Å². The Balaban J connectivity index is 1.04. The third-order valence-electron chi connectivity index (χ3n) is 15.0. The van der Waals surface area contributed by atoms with Crippen molar-refractivity contribution in [2.75, 3.05) is 19.8 Å². The molecule has 7 aliphatic rings. The number of esters is 1. The van der Waals surface area contributed by atoms with Crippen molar-refractivity contribution in [3.05, 3.63) is 12.2 Å². The van der Waals surface area contributed by atoms with Crippen molar-refractivity contribution in [2.45, 2.75) is 169 Å². The lowest BCUT2D eigenvalue weighted by Crippen LogP contribution is -2.65. The molecule has 0 amide bonds. The van der Waals surface area contributed by atoms with E-state index in [1.165, 1.54) is 0 Å². The van der Waals surface area contributed by atoms with Crippen LogP contribution < -0.4 is 0 Å². The zero-order chi connectivity index (χ0) is 40.7. The van der Waals surface area contributed by atoms with Crippen molar-refractivity contribution in [3.63, 3.8) is 0 Å². The van der Waals surface area contributed by atoms with E-state index in [1.807, 2.05) is 6.92 Å². The molecule has 0 aromatic rings. The quantitative estimate of drug-likeness (QED) is 0.0631. The van der Waals surface area contributed by atoms with Crippen LogP contribution in [0, 0.1) is 28.1 Å². The van der Waals surface area contributed by atoms with E-state index in [-0.39, 0.29) is 22.7 Å². The second-order valence-corrected chi connectivity index (χ2v) is 18.0. The average molecular weight is 805 g/mol. The van der Waals surface area contributed by atoms with Crippen molar-refractivity contribution >= 4 is 5.97 Å². The third kappa shape index (κ3) is 6.69. The Morgan fingerprint density at radius 3 is 1.86 bits per heavy atom. The number of rotatable bonds is 9. The van der Waals surface area contributed by atoms with Gasteiger partial charge in [0.15, 0.2) is 12.6 Å². The molecular formula is C38H60O18. The van der Waals surface area contributed by atoms with Gasteiger partial charge in [-0.05, 0) is 86.5 Å². The van der Waals surface area contributed by atoms with Gasteiger partial charge in [0.1, 0.15) is 73.2 Å². The van der Waals surface area contributed by atoms with Crippen molar-refractivity contribution in [1.29, 1.82) is 0 Å². The van der Waals surface area contributed by atoms with Gasteiger partial charge in [-0.3, -0.25) is 4.79 Å². The molecule has 3 heterocycles. The molecule has 3 aliphatic heterocycles. The summed E-state index contributed by atoms with van der Waals surface area (Å²) >= 11 is 0. The number of aliphatic hydroxyl groups is 11. The van der Waals surface area contributed by atoms with Crippen molar-refractivity contribution in [2.24, 2.45) is 28.1 Å². The minimum absolute atomic E-state index is 0.138. The van der Waals surface area contributed by atoms with Crippen LogP contribution in [0.2, 0.25) is 0 Å². The maximum absolute atomic E-state index is 14.3. The smallest absolute Gasteiger partial charge is 0.314 e. The first-order valence-corrected chi connectivity index (χ1v) is 19.9. The highest BCUT2D eigenvalue weighted by molar-refractivity contribution is 5.77. The number of carbonyl (C=O) groups excluding carboxylic acids is 1. The summed E-state index contributed by atoms with van der Waals surface area (Å²) in [7, 11) is 0. The van der Waals surface area contributed by atoms with Crippen LogP contribution in [-0.2, 0) is 33.2 Å². The fraction of sp³-hybridized carbons (Fsp3) is 0.921. The average Bonchev–Trinajstić information content (AvgIpc) is 3.37. The summed E-state index contributed by atoms with van der Waals surface area (Å²) in [6.45, 7) is 6.43. The van der Waals surface area contributed by atoms with Gasteiger partial charge in [-0.1, -0.05) is 19.9 Å². The van der Waals surface area contributed by atoms with Crippen molar-refractivity contribution in [3.8, 4) is 0 Å². The van der Waals surface area contributed by atoms with Crippen LogP contribution in [0.25, 0.3) is 0 Å². The summed E-state index contributed by atoms with van der Waals surface area (Å²) < 4.78 is 34.9. The summed E-state index contributed by atoms with van der Waals surface area (Å²) in [5.74, 6) is -0.608. The minimum Gasteiger partial charge on any atom is -0.432 e. The van der Waals surface area contributed by atoms with Crippen LogP contribution in [0.3, 0.4) is 0 Å². The first-order valence-electron chi connectivity index (χ1n) is 19.9. The fourth-order valence-electron chi connectivity index (χ4n) is 12.0. The lowest BCUT2D eigenvalue weighted by Gasteiger charge is -2.64. The van der Waals surface area contributed by atoms with Crippen LogP contribution in [-0.4, -0.2) is 180 Å². The zero-order valence-corrected chi connectivity index (χ0v) is 31.8. The van der Waals surface area contributed by atoms with Gasteiger partial charge in [-0.25, -0.2) is 0 Å². The Bertz CT molecular complexity index is 1450. The van der Waals surface area contributed by atoms with Gasteiger partial charge in [0, 0.05) is 0 Å². The first-order chi connectivity index (χ1) is 26.4. The van der Waals surface area contributed by atoms with Crippen LogP contribution in [0.4, 0.5) is 0 Å². The normalized spacial score (nSPS) is 54.6. The van der Waals surface area contributed by atoms with E-state index in [9.17, 15) is 61.0 Å². The zero-order valence-electron chi connectivity index (χ0n) is 31.8. The van der Waals surface area contributed by atoms with E-state index in [0.29, 0.717) is 38.5 Å². The second-order valence-electron chi connectivity index (χ2n) is 18.0. The molecule has 11 N–H and O–H groups in total. The van der Waals surface area contributed by atoms with Gasteiger partial charge >= 0.3 is 5.97 Å². The van der Waals surface area contributed by atoms with E-state index in [4.69, 9.17) is 28.4 Å². The maximum atomic E-state index is 14.3. The maximum Gasteiger partial charge on any atom is 0.314 e. The summed E-state index contributed by atoms with van der Waals surface area (Å²) in [5, 5.41) is 114. The molecule has 18 heteroatoms. The predicted molar refractivity (Wildman–Crippen MR) is 186 cm³/mol. The van der Waals surface area contributed by atoms with E-state index >= 15 is 0 Å². The second kappa shape index (κ2) is 15.6. The Labute approximate surface area is 324 Å². The SMILES string of the molecule is C=C1C[C@@]23CC[C@H]4[C@@](C)(CCC[C@@]4(C)C(=O)O[C@@H]4O[C@H](CO)[C@@H](O[C@H]5O[C@H](CO)[C@@H](O)[C@H](O)[C@H]5O)[C@H](O)[C@H]4O)[C@@H]2CC[C@]1(O[C@@H]1O[C@H](CO)[C@@H](O)[C@H](O)[C@H]1O)C3. The molecule has 0 aromatic carbocycles. The molecule has 3 saturated heterocycles. The summed E-state index contributed by atoms with van der Waals surface area (Å²) in [5.41, 5.74) is -1.57. The number of hydrogen-bond donors (Lipinski definition) is 11. The van der Waals surface area contributed by atoms with Gasteiger partial charge in [0.05, 0.1) is 30.8 Å². The summed E-state index contributed by atoms with van der Waals surface area (Å²) in [6.07, 6.45) is -17.6. The number of ether oxygens (including phenoxy) is 6. The monoisotopic (exact) mass is 804 g/mol. The molecule has 2 bridgehead atoms. The Hall–Kier alpha value is -1.43. The molecule has 4 saturated carbocycles. The molecule has 7 rings (SSSR count). The number of hydrogen-bond acceptors (Lipinski definition) is 18. The van der Waals surface area contributed by atoms with Gasteiger partial charge in [-0.2, -0.15) is 0 Å². The number of fused-ring (bicyclic) bond motifs is 3. The molecular weight excluding hydrogens is 744 g/mol. The van der Waals surface area contributed by atoms with E-state index in [0.717, 1.165) is 24.8 Å². The topological polar surface area (TPSA) is 295 Å². The van der Waals surface area contributed by atoms with Gasteiger partial charge in [0.25, 0.3) is 0 Å². The lowest BCUT2D eigenvalue weighted by molar-refractivity contribution is -0.356. The van der Waals surface area contributed by atoms with Crippen LogP contribution in [0.15, 0.2) is 12.2 Å². The molecule has 18 nitrogen and oxygen atoms in total. The first kappa shape index (κ1) is 42.7. The standard InChI is InChI=1S/C38H60O18/c1-16-11-37-9-5-20-35(2,21(37)6-10-38(16,15-37)56-33-28(48)25(45)23(43)18(13-40)52-33)7-4-8-36(20,3)34(50)55-32-29(49)26(46)30(19(14-41)53-32)54-31-27(47)24(44)22(42)17(12-39)51-31/h17-33,39-49H,1,4-15H2,2-3H3/t17-,18-,19-,20+,21+,22-,23-,24+,25+,26-,27-,28-,29-,30-,31-,32+,33+,35-,36-,37-,38+/m1/s1. The molecule has 0 radical (unpaired) electrons. The third-order valence-corrected chi connectivity index (χ3v) is 15.0. The lowest BCUT2D eigenvalue weighted by atomic mass is 9.41. The largest absolute Gasteiger partial charge is 0.432 e. The Morgan fingerprint density at radius 1 is 0.679 bits per heavy atom. The molecule has 21 atom stereocenters. The Morgan fingerprint density at radius 2 is 1.23 bits per heavy atom. The molecule has 320 valence electrons. The van der Waals surface area contributed by atoms with Crippen molar-refractivity contribution < 1.29 is 89.4 Å². The number of aliphatic hydroxyl groups excluding tert-OH is 11. The predicted octanol–water partition coefficient (Wildman–Crippen LogP) is -2.94. The minimum atomic E-state index is -1.86. The molecule has 0 unspecified atom stereocenters. The van der Waals surface area contributed by atoms with E-state index in [2.05, 4.69) is 13.5 Å². The van der Waals surface area contributed by atoms with Gasteiger partial charge in [-0.15, -0.1) is 0 Å². The van der Waals surface area contributed by atoms with E-state index in [1.54, 1.807) is 0 Å². The highest BCUT2D eigenvalue weighted by atomic mass is 16.8. The summed E-state index contributed by atoms with van der Waals surface area (Å²) in [6, 6.07) is 0.